The number of benzene rings is 1. The Balaban J connectivity index is 2.96. The van der Waals surface area contributed by atoms with Gasteiger partial charge in [-0.3, -0.25) is 0 Å². The third kappa shape index (κ3) is 2.02. The molecule has 0 bridgehead atoms. The van der Waals surface area contributed by atoms with Crippen molar-refractivity contribution in [2.45, 2.75) is 6.92 Å². The number of rotatable bonds is 2. The number of aliphatic hydroxyl groups excluding tert-OH is 1. The predicted molar refractivity (Wildman–Crippen MR) is 48.8 cm³/mol. The Morgan fingerprint density at radius 2 is 2.08 bits per heavy atom. The van der Waals surface area contributed by atoms with Gasteiger partial charge in [0.15, 0.2) is 0 Å². The van der Waals surface area contributed by atoms with Crippen LogP contribution in [-0.2, 0) is 4.74 Å². The lowest BCUT2D eigenvalue weighted by Gasteiger charge is -2.00. The molecule has 64 valence electrons. The highest BCUT2D eigenvalue weighted by Gasteiger charge is 1.94. The van der Waals surface area contributed by atoms with E-state index in [-0.39, 0.29) is 5.95 Å². The van der Waals surface area contributed by atoms with Crippen molar-refractivity contribution >= 4 is 6.08 Å². The molecule has 1 aromatic carbocycles. The van der Waals surface area contributed by atoms with E-state index in [1.165, 1.54) is 7.11 Å². The van der Waals surface area contributed by atoms with Gasteiger partial charge in [0.25, 0.3) is 5.95 Å². The summed E-state index contributed by atoms with van der Waals surface area (Å²) in [5.41, 5.74) is 2.08. The van der Waals surface area contributed by atoms with Gasteiger partial charge < -0.3 is 9.84 Å². The standard InChI is InChI=1S/C10H12O2/c1-8-5-3-4-6-9(8)7-10(11)12-2/h3-7,11H,1-2H3/b10-7+. The second kappa shape index (κ2) is 3.81. The van der Waals surface area contributed by atoms with Crippen LogP contribution in [0.15, 0.2) is 30.2 Å². The van der Waals surface area contributed by atoms with E-state index >= 15 is 0 Å². The molecule has 0 aliphatic carbocycles. The van der Waals surface area contributed by atoms with E-state index in [0.29, 0.717) is 0 Å². The minimum atomic E-state index is -0.0655. The van der Waals surface area contributed by atoms with Gasteiger partial charge in [-0.05, 0) is 18.1 Å². The van der Waals surface area contributed by atoms with Crippen LogP contribution >= 0.6 is 0 Å². The van der Waals surface area contributed by atoms with Crippen LogP contribution in [0.1, 0.15) is 11.1 Å². The van der Waals surface area contributed by atoms with Crippen LogP contribution < -0.4 is 0 Å². The van der Waals surface area contributed by atoms with Gasteiger partial charge in [0, 0.05) is 6.08 Å². The summed E-state index contributed by atoms with van der Waals surface area (Å²) in [7, 11) is 1.43. The van der Waals surface area contributed by atoms with Crippen LogP contribution in [-0.4, -0.2) is 12.2 Å². The number of ether oxygens (including phenoxy) is 1. The topological polar surface area (TPSA) is 29.5 Å². The van der Waals surface area contributed by atoms with Crippen molar-refractivity contribution in [2.75, 3.05) is 7.11 Å². The third-order valence-corrected chi connectivity index (χ3v) is 1.68. The van der Waals surface area contributed by atoms with E-state index < -0.39 is 0 Å². The van der Waals surface area contributed by atoms with Gasteiger partial charge in [0.2, 0.25) is 0 Å². The molecule has 0 heterocycles. The Morgan fingerprint density at radius 1 is 1.42 bits per heavy atom. The lowest BCUT2D eigenvalue weighted by atomic mass is 10.1. The van der Waals surface area contributed by atoms with Crippen LogP contribution in [0.2, 0.25) is 0 Å². The Morgan fingerprint density at radius 3 is 2.67 bits per heavy atom. The summed E-state index contributed by atoms with van der Waals surface area (Å²) >= 11 is 0. The van der Waals surface area contributed by atoms with Crippen molar-refractivity contribution in [3.63, 3.8) is 0 Å². The molecule has 0 saturated carbocycles. The second-order valence-corrected chi connectivity index (χ2v) is 2.54. The lowest BCUT2D eigenvalue weighted by Crippen LogP contribution is -1.85. The lowest BCUT2D eigenvalue weighted by molar-refractivity contribution is 0.141. The molecule has 0 aliphatic rings. The summed E-state index contributed by atoms with van der Waals surface area (Å²) in [6, 6.07) is 7.78. The zero-order valence-electron chi connectivity index (χ0n) is 7.24. The zero-order valence-corrected chi connectivity index (χ0v) is 7.24. The fraction of sp³-hybridized carbons (Fsp3) is 0.200. The van der Waals surface area contributed by atoms with Gasteiger partial charge in [-0.15, -0.1) is 0 Å². The minimum absolute atomic E-state index is 0.0655. The zero-order chi connectivity index (χ0) is 8.97. The summed E-state index contributed by atoms with van der Waals surface area (Å²) < 4.78 is 4.63. The van der Waals surface area contributed by atoms with Crippen molar-refractivity contribution in [3.05, 3.63) is 41.3 Å². The number of aryl methyl sites for hydroxylation is 1. The molecular formula is C10H12O2. The Bertz CT molecular complexity index is 290. The van der Waals surface area contributed by atoms with E-state index in [0.717, 1.165) is 11.1 Å². The van der Waals surface area contributed by atoms with Crippen LogP contribution in [0.4, 0.5) is 0 Å². The summed E-state index contributed by atoms with van der Waals surface area (Å²) in [6.07, 6.45) is 1.59. The molecule has 1 rings (SSSR count). The van der Waals surface area contributed by atoms with Gasteiger partial charge >= 0.3 is 0 Å². The normalized spacial score (nSPS) is 11.3. The minimum Gasteiger partial charge on any atom is -0.481 e. The van der Waals surface area contributed by atoms with Gasteiger partial charge in [-0.2, -0.15) is 0 Å². The molecule has 0 radical (unpaired) electrons. The van der Waals surface area contributed by atoms with Gasteiger partial charge in [0.05, 0.1) is 7.11 Å². The third-order valence-electron chi connectivity index (χ3n) is 1.68. The largest absolute Gasteiger partial charge is 0.481 e. The Kier molecular flexibility index (Phi) is 2.75. The molecule has 2 heteroatoms. The van der Waals surface area contributed by atoms with Gasteiger partial charge in [-0.25, -0.2) is 0 Å². The van der Waals surface area contributed by atoms with E-state index in [9.17, 15) is 0 Å². The molecule has 0 aliphatic heterocycles. The molecule has 0 atom stereocenters. The highest BCUT2D eigenvalue weighted by atomic mass is 16.6. The molecule has 12 heavy (non-hydrogen) atoms. The first-order valence-corrected chi connectivity index (χ1v) is 3.74. The summed E-state index contributed by atoms with van der Waals surface area (Å²) in [4.78, 5) is 0. The fourth-order valence-electron chi connectivity index (χ4n) is 0.941. The van der Waals surface area contributed by atoms with Crippen LogP contribution in [0.25, 0.3) is 6.08 Å². The average molecular weight is 164 g/mol. The first kappa shape index (κ1) is 8.65. The Labute approximate surface area is 72.1 Å². The first-order valence-electron chi connectivity index (χ1n) is 3.74. The summed E-state index contributed by atoms with van der Waals surface area (Å²) in [5.74, 6) is -0.0655. The summed E-state index contributed by atoms with van der Waals surface area (Å²) in [5, 5.41) is 9.07. The molecule has 0 fully saturated rings. The van der Waals surface area contributed by atoms with Crippen molar-refractivity contribution in [1.82, 2.24) is 0 Å². The number of methoxy groups -OCH3 is 1. The van der Waals surface area contributed by atoms with Crippen molar-refractivity contribution < 1.29 is 9.84 Å². The van der Waals surface area contributed by atoms with E-state index in [2.05, 4.69) is 4.74 Å². The molecule has 0 unspecified atom stereocenters. The molecule has 2 nitrogen and oxygen atoms in total. The van der Waals surface area contributed by atoms with Crippen molar-refractivity contribution in [2.24, 2.45) is 0 Å². The van der Waals surface area contributed by atoms with Crippen molar-refractivity contribution in [3.8, 4) is 0 Å². The van der Waals surface area contributed by atoms with E-state index in [1.54, 1.807) is 6.08 Å². The maximum atomic E-state index is 9.07. The van der Waals surface area contributed by atoms with E-state index in [4.69, 9.17) is 5.11 Å². The average Bonchev–Trinajstić information content (AvgIpc) is 2.09. The molecule has 0 amide bonds. The molecular weight excluding hydrogens is 152 g/mol. The highest BCUT2D eigenvalue weighted by Crippen LogP contribution is 2.10. The Hall–Kier alpha value is -1.44. The summed E-state index contributed by atoms with van der Waals surface area (Å²) in [6.45, 7) is 1.98. The molecule has 0 aromatic heterocycles. The smallest absolute Gasteiger partial charge is 0.276 e. The van der Waals surface area contributed by atoms with Crippen molar-refractivity contribution in [1.29, 1.82) is 0 Å². The molecule has 0 saturated heterocycles. The first-order chi connectivity index (χ1) is 5.74. The fourth-order valence-corrected chi connectivity index (χ4v) is 0.941. The SMILES string of the molecule is CO/C(O)=C/c1ccccc1C. The number of hydrogen-bond acceptors (Lipinski definition) is 2. The molecule has 0 spiro atoms. The number of hydrogen-bond donors (Lipinski definition) is 1. The van der Waals surface area contributed by atoms with Crippen LogP contribution in [0.3, 0.4) is 0 Å². The molecule has 1 aromatic rings. The van der Waals surface area contributed by atoms with E-state index in [1.807, 2.05) is 31.2 Å². The van der Waals surface area contributed by atoms with Gasteiger partial charge in [0.1, 0.15) is 0 Å². The maximum absolute atomic E-state index is 9.07. The predicted octanol–water partition coefficient (Wildman–Crippen LogP) is 2.50. The van der Waals surface area contributed by atoms with Crippen LogP contribution in [0.5, 0.6) is 0 Å². The number of aliphatic hydroxyl groups is 1. The monoisotopic (exact) mass is 164 g/mol. The maximum Gasteiger partial charge on any atom is 0.276 e. The quantitative estimate of drug-likeness (QED) is 0.680. The van der Waals surface area contributed by atoms with Gasteiger partial charge in [-0.1, -0.05) is 24.3 Å². The highest BCUT2D eigenvalue weighted by molar-refractivity contribution is 5.53. The second-order valence-electron chi connectivity index (χ2n) is 2.54. The van der Waals surface area contributed by atoms with Crippen LogP contribution in [0, 0.1) is 6.92 Å². The molecule has 1 N–H and O–H groups in total.